The third-order valence-corrected chi connectivity index (χ3v) is 8.54. The van der Waals surface area contributed by atoms with Crippen LogP contribution in [0.15, 0.2) is 42.5 Å². The van der Waals surface area contributed by atoms with E-state index < -0.39 is 57.3 Å². The first-order chi connectivity index (χ1) is 19.8. The molecule has 13 heteroatoms. The number of amides is 4. The molecule has 4 N–H and O–H groups in total. The third-order valence-electron chi connectivity index (χ3n) is 7.58. The van der Waals surface area contributed by atoms with Crippen LogP contribution in [0.2, 0.25) is 0 Å². The van der Waals surface area contributed by atoms with Crippen LogP contribution >= 0.6 is 0 Å². The van der Waals surface area contributed by atoms with Crippen LogP contribution < -0.4 is 20.1 Å². The molecule has 3 aliphatic rings. The van der Waals surface area contributed by atoms with Crippen LogP contribution in [0.5, 0.6) is 0 Å². The van der Waals surface area contributed by atoms with Crippen LogP contribution in [0, 0.1) is 5.92 Å². The molecule has 4 rings (SSSR count). The van der Waals surface area contributed by atoms with E-state index in [9.17, 15) is 27.6 Å². The Balaban J connectivity index is 1.53. The summed E-state index contributed by atoms with van der Waals surface area (Å²) in [6.07, 6.45) is 7.68. The van der Waals surface area contributed by atoms with E-state index in [0.29, 0.717) is 38.6 Å². The second-order valence-corrected chi connectivity index (χ2v) is 13.5. The standard InChI is InChI=1S/C29H41N5O7S/c1-28(2,3)41-27(38)30-22-16-11-6-4-5-8-13-20-19-29(20,31-24(35)23-17-12-18-34(23)25(22)36)26(37)33-42(39,40)32-21-14-9-7-10-15-21/h7-10,13-15,20,22-23,32H,4-6,11-12,16-19H2,1-3H3,(H,30,38)(H,31,35)(H,33,37)/b13-8-/t20-,22+,23?,29-/m1/s1. The van der Waals surface area contributed by atoms with Crippen molar-refractivity contribution in [3.8, 4) is 0 Å². The molecule has 2 heterocycles. The Morgan fingerprint density at radius 1 is 1.05 bits per heavy atom. The van der Waals surface area contributed by atoms with Crippen molar-refractivity contribution in [2.45, 2.75) is 95.4 Å². The Hall–Kier alpha value is -3.61. The highest BCUT2D eigenvalue weighted by Gasteiger charge is 2.61. The quantitative estimate of drug-likeness (QED) is 0.376. The highest BCUT2D eigenvalue weighted by molar-refractivity contribution is 7.91. The third kappa shape index (κ3) is 8.02. The van der Waals surface area contributed by atoms with Crippen LogP contribution in [0.4, 0.5) is 10.5 Å². The summed E-state index contributed by atoms with van der Waals surface area (Å²) < 4.78 is 35.3. The van der Waals surface area contributed by atoms with Gasteiger partial charge in [0.05, 0.1) is 5.69 Å². The van der Waals surface area contributed by atoms with E-state index in [0.717, 1.165) is 12.8 Å². The molecule has 0 spiro atoms. The highest BCUT2D eigenvalue weighted by atomic mass is 32.2. The first-order valence-electron chi connectivity index (χ1n) is 14.5. The van der Waals surface area contributed by atoms with Crippen molar-refractivity contribution in [2.75, 3.05) is 11.3 Å². The number of anilines is 1. The fourth-order valence-electron chi connectivity index (χ4n) is 5.44. The average Bonchev–Trinajstić information content (AvgIpc) is 3.35. The number of carbonyl (C=O) groups excluding carboxylic acids is 4. The van der Waals surface area contributed by atoms with Gasteiger partial charge in [-0.05, 0) is 71.4 Å². The van der Waals surface area contributed by atoms with Gasteiger partial charge in [-0.2, -0.15) is 8.42 Å². The molecule has 0 bridgehead atoms. The van der Waals surface area contributed by atoms with Crippen LogP contribution in [0.3, 0.4) is 0 Å². The number of hydrogen-bond donors (Lipinski definition) is 4. The number of ether oxygens (including phenoxy) is 1. The lowest BCUT2D eigenvalue weighted by Crippen LogP contribution is -2.58. The summed E-state index contributed by atoms with van der Waals surface area (Å²) in [7, 11) is -4.28. The van der Waals surface area contributed by atoms with Gasteiger partial charge in [-0.3, -0.25) is 19.1 Å². The number of nitrogens with one attached hydrogen (secondary N) is 4. The Morgan fingerprint density at radius 3 is 2.50 bits per heavy atom. The first-order valence-corrected chi connectivity index (χ1v) is 16.0. The van der Waals surface area contributed by atoms with Gasteiger partial charge < -0.3 is 20.3 Å². The number of alkyl carbamates (subject to hydrolysis) is 1. The van der Waals surface area contributed by atoms with Crippen molar-refractivity contribution in [1.82, 2.24) is 20.3 Å². The molecule has 0 radical (unpaired) electrons. The minimum atomic E-state index is -4.28. The molecule has 1 aromatic carbocycles. The molecule has 1 saturated carbocycles. The Kier molecular flexibility index (Phi) is 9.49. The number of para-hydroxylation sites is 1. The first kappa shape index (κ1) is 31.3. The molecular weight excluding hydrogens is 562 g/mol. The van der Waals surface area contributed by atoms with Crippen LogP contribution in [0.1, 0.15) is 72.1 Å². The predicted molar refractivity (Wildman–Crippen MR) is 156 cm³/mol. The summed E-state index contributed by atoms with van der Waals surface area (Å²) in [5, 5.41) is 5.50. The van der Waals surface area contributed by atoms with Crippen molar-refractivity contribution < 1.29 is 32.3 Å². The summed E-state index contributed by atoms with van der Waals surface area (Å²) in [6.45, 7) is 5.53. The Bertz CT molecular complexity index is 1310. The topological polar surface area (TPSA) is 163 Å². The smallest absolute Gasteiger partial charge is 0.408 e. The van der Waals surface area contributed by atoms with Crippen LogP contribution in [-0.4, -0.2) is 66.9 Å². The van der Waals surface area contributed by atoms with E-state index >= 15 is 0 Å². The fourth-order valence-corrected chi connectivity index (χ4v) is 6.37. The molecule has 2 aliphatic heterocycles. The maximum absolute atomic E-state index is 13.7. The van der Waals surface area contributed by atoms with Gasteiger partial charge in [0.2, 0.25) is 11.8 Å². The van der Waals surface area contributed by atoms with Crippen molar-refractivity contribution in [1.29, 1.82) is 0 Å². The monoisotopic (exact) mass is 603 g/mol. The molecule has 4 atom stereocenters. The van der Waals surface area contributed by atoms with Gasteiger partial charge in [-0.15, -0.1) is 0 Å². The van der Waals surface area contributed by atoms with E-state index in [1.165, 1.54) is 4.90 Å². The summed E-state index contributed by atoms with van der Waals surface area (Å²) in [6, 6.07) is 6.41. The molecule has 1 unspecified atom stereocenters. The largest absolute Gasteiger partial charge is 0.444 e. The van der Waals surface area contributed by atoms with Gasteiger partial charge in [0, 0.05) is 12.5 Å². The number of hydrogen-bond acceptors (Lipinski definition) is 7. The van der Waals surface area contributed by atoms with Crippen molar-refractivity contribution in [2.24, 2.45) is 5.92 Å². The summed E-state index contributed by atoms with van der Waals surface area (Å²) in [4.78, 5) is 54.7. The molecule has 0 aromatic heterocycles. The molecule has 230 valence electrons. The molecule has 42 heavy (non-hydrogen) atoms. The summed E-state index contributed by atoms with van der Waals surface area (Å²) in [5.41, 5.74) is -1.93. The van der Waals surface area contributed by atoms with E-state index in [1.54, 1.807) is 51.1 Å². The normalized spacial score (nSPS) is 27.7. The van der Waals surface area contributed by atoms with Gasteiger partial charge in [0.15, 0.2) is 0 Å². The number of nitrogens with zero attached hydrogens (tertiary/aromatic N) is 1. The van der Waals surface area contributed by atoms with Gasteiger partial charge in [-0.25, -0.2) is 9.52 Å². The molecule has 2 fully saturated rings. The second kappa shape index (κ2) is 12.7. The van der Waals surface area contributed by atoms with Gasteiger partial charge in [-0.1, -0.05) is 43.2 Å². The van der Waals surface area contributed by atoms with E-state index in [1.807, 2.05) is 12.2 Å². The molecule has 12 nitrogen and oxygen atoms in total. The van der Waals surface area contributed by atoms with E-state index in [4.69, 9.17) is 4.74 Å². The van der Waals surface area contributed by atoms with E-state index in [-0.39, 0.29) is 18.0 Å². The Morgan fingerprint density at radius 2 is 1.79 bits per heavy atom. The zero-order valence-corrected chi connectivity index (χ0v) is 25.2. The number of rotatable bonds is 5. The SMILES string of the molecule is CC(C)(C)OC(=O)N[C@H]1CCCCC/C=C\[C@@H]2C[C@@]2(C(=O)NS(=O)(=O)Nc2ccccc2)NC(=O)C2CCCN2C1=O. The lowest BCUT2D eigenvalue weighted by atomic mass is 10.0. The average molecular weight is 604 g/mol. The number of fused-ring (bicyclic) bond motifs is 2. The Labute approximate surface area is 247 Å². The van der Waals surface area contributed by atoms with Crippen LogP contribution in [0.25, 0.3) is 0 Å². The summed E-state index contributed by atoms with van der Waals surface area (Å²) >= 11 is 0. The van der Waals surface area contributed by atoms with Gasteiger partial charge in [0.25, 0.3) is 5.91 Å². The molecule has 1 aromatic rings. The molecular formula is C29H41N5O7S. The molecule has 1 aliphatic carbocycles. The van der Waals surface area contributed by atoms with Crippen LogP contribution in [-0.2, 0) is 29.3 Å². The lowest BCUT2D eigenvalue weighted by molar-refractivity contribution is -0.141. The number of carbonyl (C=O) groups is 4. The number of benzene rings is 1. The lowest BCUT2D eigenvalue weighted by Gasteiger charge is -2.30. The fraction of sp³-hybridized carbons (Fsp3) is 0.586. The predicted octanol–water partition coefficient (Wildman–Crippen LogP) is 2.74. The molecule has 1 saturated heterocycles. The highest BCUT2D eigenvalue weighted by Crippen LogP contribution is 2.45. The zero-order valence-electron chi connectivity index (χ0n) is 24.4. The van der Waals surface area contributed by atoms with Gasteiger partial charge >= 0.3 is 16.3 Å². The van der Waals surface area contributed by atoms with Crippen molar-refractivity contribution >= 4 is 39.7 Å². The minimum Gasteiger partial charge on any atom is -0.444 e. The minimum absolute atomic E-state index is 0.228. The number of allylic oxidation sites excluding steroid dienone is 1. The maximum Gasteiger partial charge on any atom is 0.408 e. The second-order valence-electron chi connectivity index (χ2n) is 12.1. The molecule has 4 amide bonds. The van der Waals surface area contributed by atoms with E-state index in [2.05, 4.69) is 20.1 Å². The zero-order chi connectivity index (χ0) is 30.5. The summed E-state index contributed by atoms with van der Waals surface area (Å²) in [5.74, 6) is -2.16. The van der Waals surface area contributed by atoms with Gasteiger partial charge in [0.1, 0.15) is 23.2 Å². The van der Waals surface area contributed by atoms with Crippen molar-refractivity contribution in [3.05, 3.63) is 42.5 Å². The maximum atomic E-state index is 13.7. The van der Waals surface area contributed by atoms with Crippen molar-refractivity contribution in [3.63, 3.8) is 0 Å².